The van der Waals surface area contributed by atoms with Gasteiger partial charge in [-0.3, -0.25) is 9.59 Å². The van der Waals surface area contributed by atoms with Crippen LogP contribution < -0.4 is 5.43 Å². The minimum absolute atomic E-state index is 0.143. The van der Waals surface area contributed by atoms with Crippen molar-refractivity contribution in [1.82, 2.24) is 14.5 Å². The second-order valence-electron chi connectivity index (χ2n) is 10.5. The first-order valence-corrected chi connectivity index (χ1v) is 12.5. The van der Waals surface area contributed by atoms with Crippen molar-refractivity contribution >= 4 is 16.9 Å². The molecular formula is C31H31N3O3. The molecule has 5 rings (SSSR count). The van der Waals surface area contributed by atoms with Gasteiger partial charge in [-0.15, -0.1) is 0 Å². The number of carbonyl (C=O) groups excluding carboxylic acids is 1. The highest BCUT2D eigenvalue weighted by Crippen LogP contribution is 2.34. The molecule has 1 aliphatic rings. The van der Waals surface area contributed by atoms with Gasteiger partial charge in [0.05, 0.1) is 11.1 Å². The molecule has 6 heteroatoms. The monoisotopic (exact) mass is 493 g/mol. The van der Waals surface area contributed by atoms with Crippen molar-refractivity contribution < 1.29 is 9.90 Å². The fourth-order valence-corrected chi connectivity index (χ4v) is 4.68. The Morgan fingerprint density at radius 1 is 1.14 bits per heavy atom. The van der Waals surface area contributed by atoms with Crippen LogP contribution >= 0.6 is 0 Å². The summed E-state index contributed by atoms with van der Waals surface area (Å²) in [6, 6.07) is 19.7. The molecule has 0 bridgehead atoms. The van der Waals surface area contributed by atoms with Gasteiger partial charge in [-0.2, -0.15) is 0 Å². The molecule has 37 heavy (non-hydrogen) atoms. The Kier molecular flexibility index (Phi) is 6.20. The molecule has 2 heterocycles. The van der Waals surface area contributed by atoms with Crippen LogP contribution in [-0.4, -0.2) is 38.6 Å². The molecule has 0 aliphatic heterocycles. The molecule has 1 fully saturated rings. The number of aliphatic hydroxyl groups is 1. The molecule has 6 nitrogen and oxygen atoms in total. The third-order valence-electron chi connectivity index (χ3n) is 7.27. The van der Waals surface area contributed by atoms with E-state index in [1.807, 2.05) is 54.8 Å². The molecule has 1 amide bonds. The fraction of sp³-hybridized carbons (Fsp3) is 0.258. The zero-order chi connectivity index (χ0) is 26.3. The van der Waals surface area contributed by atoms with Crippen LogP contribution in [0.1, 0.15) is 42.6 Å². The first-order chi connectivity index (χ1) is 17.7. The van der Waals surface area contributed by atoms with Gasteiger partial charge in [-0.1, -0.05) is 56.8 Å². The van der Waals surface area contributed by atoms with Crippen molar-refractivity contribution in [2.24, 2.45) is 5.41 Å². The zero-order valence-electron chi connectivity index (χ0n) is 21.4. The summed E-state index contributed by atoms with van der Waals surface area (Å²) < 4.78 is 1.83. The number of pyridine rings is 2. The van der Waals surface area contributed by atoms with Crippen molar-refractivity contribution in [3.8, 4) is 16.8 Å². The molecule has 188 valence electrons. The van der Waals surface area contributed by atoms with Gasteiger partial charge >= 0.3 is 0 Å². The molecule has 0 spiro atoms. The van der Waals surface area contributed by atoms with Gasteiger partial charge in [0.25, 0.3) is 5.91 Å². The number of aliphatic hydroxyl groups excluding tert-OH is 1. The first-order valence-electron chi connectivity index (χ1n) is 12.5. The normalized spacial score (nSPS) is 13.5. The average Bonchev–Trinajstić information content (AvgIpc) is 3.74. The molecule has 1 N–H and O–H groups in total. The van der Waals surface area contributed by atoms with Crippen LogP contribution in [0.25, 0.3) is 27.8 Å². The van der Waals surface area contributed by atoms with Crippen LogP contribution in [0.3, 0.4) is 0 Å². The maximum atomic E-state index is 13.3. The Bertz CT molecular complexity index is 1580. The zero-order valence-corrected chi connectivity index (χ0v) is 21.4. The standard InChI is InChI=1S/C31H31N3O3/c1-20(35)31(2,3)18-22-9-5-6-12-25(22)21-10-7-11-24(17-21)34-19-27(30(37)33(4)23-14-15-23)28(36)26-13-8-16-32-29(26)34/h5-13,16-17,19,23,35H,1,14-15,18H2,2-4H3. The smallest absolute Gasteiger partial charge is 0.259 e. The lowest BCUT2D eigenvalue weighted by Gasteiger charge is -2.25. The predicted octanol–water partition coefficient (Wildman–Crippen LogP) is 5.93. The maximum Gasteiger partial charge on any atom is 0.259 e. The van der Waals surface area contributed by atoms with Gasteiger partial charge in [0.1, 0.15) is 11.2 Å². The lowest BCUT2D eigenvalue weighted by molar-refractivity contribution is 0.0783. The molecule has 0 radical (unpaired) electrons. The topological polar surface area (TPSA) is 75.4 Å². The van der Waals surface area contributed by atoms with Crippen molar-refractivity contribution in [2.75, 3.05) is 7.05 Å². The highest BCUT2D eigenvalue weighted by Gasteiger charge is 2.32. The molecule has 2 aromatic heterocycles. The first kappa shape index (κ1) is 24.5. The van der Waals surface area contributed by atoms with Crippen LogP contribution in [0.4, 0.5) is 0 Å². The molecule has 0 atom stereocenters. The Morgan fingerprint density at radius 2 is 1.89 bits per heavy atom. The van der Waals surface area contributed by atoms with E-state index in [1.54, 1.807) is 36.5 Å². The van der Waals surface area contributed by atoms with Gasteiger partial charge in [0, 0.05) is 36.6 Å². The third-order valence-corrected chi connectivity index (χ3v) is 7.27. The van der Waals surface area contributed by atoms with E-state index >= 15 is 0 Å². The second-order valence-corrected chi connectivity index (χ2v) is 10.5. The second kappa shape index (κ2) is 9.36. The highest BCUT2D eigenvalue weighted by molar-refractivity contribution is 5.97. The summed E-state index contributed by atoms with van der Waals surface area (Å²) >= 11 is 0. The maximum absolute atomic E-state index is 13.3. The number of nitrogens with zero attached hydrogens (tertiary/aromatic N) is 3. The number of hydrogen-bond acceptors (Lipinski definition) is 4. The largest absolute Gasteiger partial charge is 0.512 e. The summed E-state index contributed by atoms with van der Waals surface area (Å²) in [6.45, 7) is 7.69. The summed E-state index contributed by atoms with van der Waals surface area (Å²) in [5, 5.41) is 10.5. The number of hydrogen-bond donors (Lipinski definition) is 1. The Labute approximate surface area is 216 Å². The minimum Gasteiger partial charge on any atom is -0.512 e. The highest BCUT2D eigenvalue weighted by atomic mass is 16.3. The number of fused-ring (bicyclic) bond motifs is 1. The third kappa shape index (κ3) is 4.67. The summed E-state index contributed by atoms with van der Waals surface area (Å²) in [6.07, 6.45) is 5.83. The van der Waals surface area contributed by atoms with E-state index in [0.717, 1.165) is 35.2 Å². The molecule has 2 aromatic carbocycles. The number of aromatic nitrogens is 2. The van der Waals surface area contributed by atoms with Gasteiger partial charge < -0.3 is 14.6 Å². The van der Waals surface area contributed by atoms with Crippen LogP contribution in [0.2, 0.25) is 0 Å². The summed E-state index contributed by atoms with van der Waals surface area (Å²) in [5.41, 5.74) is 3.78. The van der Waals surface area contributed by atoms with E-state index in [4.69, 9.17) is 0 Å². The van der Waals surface area contributed by atoms with Crippen LogP contribution in [0.5, 0.6) is 0 Å². The van der Waals surface area contributed by atoms with Crippen LogP contribution in [0, 0.1) is 5.41 Å². The van der Waals surface area contributed by atoms with Gasteiger partial charge in [-0.25, -0.2) is 4.98 Å². The fourth-order valence-electron chi connectivity index (χ4n) is 4.68. The van der Waals surface area contributed by atoms with Crippen molar-refractivity contribution in [1.29, 1.82) is 0 Å². The van der Waals surface area contributed by atoms with Crippen LogP contribution in [0.15, 0.2) is 90.2 Å². The summed E-state index contributed by atoms with van der Waals surface area (Å²) in [4.78, 5) is 32.7. The van der Waals surface area contributed by atoms with E-state index in [1.165, 1.54) is 0 Å². The predicted molar refractivity (Wildman–Crippen MR) is 147 cm³/mol. The molecule has 0 unspecified atom stereocenters. The number of carbonyl (C=O) groups is 1. The van der Waals surface area contributed by atoms with E-state index < -0.39 is 5.41 Å². The number of allylic oxidation sites excluding steroid dienone is 1. The van der Waals surface area contributed by atoms with E-state index in [-0.39, 0.29) is 28.7 Å². The number of amides is 1. The SMILES string of the molecule is C=C(O)C(C)(C)Cc1ccccc1-c1cccc(-n2cc(C(=O)N(C)C3CC3)c(=O)c3cccnc32)c1. The average molecular weight is 494 g/mol. The lowest BCUT2D eigenvalue weighted by Crippen LogP contribution is -2.33. The van der Waals surface area contributed by atoms with Gasteiger partial charge in [0.15, 0.2) is 0 Å². The van der Waals surface area contributed by atoms with E-state index in [9.17, 15) is 14.7 Å². The molecule has 0 saturated heterocycles. The van der Waals surface area contributed by atoms with Gasteiger partial charge in [-0.05, 0) is 60.2 Å². The quantitative estimate of drug-likeness (QED) is 0.324. The van der Waals surface area contributed by atoms with Crippen LogP contribution in [-0.2, 0) is 6.42 Å². The van der Waals surface area contributed by atoms with Gasteiger partial charge in [0.2, 0.25) is 5.43 Å². The number of benzene rings is 2. The molecule has 1 aliphatic carbocycles. The Morgan fingerprint density at radius 3 is 2.62 bits per heavy atom. The molecular weight excluding hydrogens is 462 g/mol. The van der Waals surface area contributed by atoms with Crippen molar-refractivity contribution in [3.63, 3.8) is 0 Å². The molecule has 4 aromatic rings. The molecule has 1 saturated carbocycles. The number of rotatable bonds is 7. The lowest BCUT2D eigenvalue weighted by atomic mass is 9.82. The van der Waals surface area contributed by atoms with Crippen molar-refractivity contribution in [3.05, 3.63) is 107 Å². The Balaban J connectivity index is 1.64. The summed E-state index contributed by atoms with van der Waals surface area (Å²) in [5.74, 6) is -0.116. The van der Waals surface area contributed by atoms with E-state index in [0.29, 0.717) is 17.5 Å². The summed E-state index contributed by atoms with van der Waals surface area (Å²) in [7, 11) is 1.76. The Hall–Kier alpha value is -4.19. The van der Waals surface area contributed by atoms with Crippen molar-refractivity contribution in [2.45, 2.75) is 39.2 Å². The van der Waals surface area contributed by atoms with E-state index in [2.05, 4.69) is 23.7 Å². The minimum atomic E-state index is -0.477.